The Kier molecular flexibility index (Phi) is 4.32. The zero-order chi connectivity index (χ0) is 13.9. The van der Waals surface area contributed by atoms with Gasteiger partial charge in [0.05, 0.1) is 20.8 Å². The van der Waals surface area contributed by atoms with Gasteiger partial charge in [-0.1, -0.05) is 12.8 Å². The summed E-state index contributed by atoms with van der Waals surface area (Å²) in [6.45, 7) is 0.490. The summed E-state index contributed by atoms with van der Waals surface area (Å²) in [6.07, 6.45) is 4.30. The molecule has 1 aromatic rings. The Hall–Kier alpha value is -1.26. The summed E-state index contributed by atoms with van der Waals surface area (Å²) in [4.78, 5) is 0. The van der Waals surface area contributed by atoms with Crippen LogP contribution in [0.5, 0.6) is 11.5 Å². The van der Waals surface area contributed by atoms with Gasteiger partial charge >= 0.3 is 0 Å². The quantitative estimate of drug-likeness (QED) is 0.889. The van der Waals surface area contributed by atoms with Crippen LogP contribution >= 0.6 is 0 Å². The number of benzene rings is 1. The third-order valence-electron chi connectivity index (χ3n) is 3.91. The number of methoxy groups -OCH3 is 3. The van der Waals surface area contributed by atoms with Crippen LogP contribution in [0.1, 0.15) is 36.8 Å². The summed E-state index contributed by atoms with van der Waals surface area (Å²) in [5, 5.41) is 0. The van der Waals surface area contributed by atoms with Crippen molar-refractivity contribution in [3.8, 4) is 11.5 Å². The molecule has 19 heavy (non-hydrogen) atoms. The second-order valence-corrected chi connectivity index (χ2v) is 5.16. The third-order valence-corrected chi connectivity index (χ3v) is 3.91. The Morgan fingerprint density at radius 2 is 1.79 bits per heavy atom. The molecule has 0 bridgehead atoms. The lowest BCUT2D eigenvalue weighted by Gasteiger charge is -2.28. The monoisotopic (exact) mass is 265 g/mol. The zero-order valence-corrected chi connectivity index (χ0v) is 12.0. The van der Waals surface area contributed by atoms with Gasteiger partial charge in [-0.3, -0.25) is 0 Å². The van der Waals surface area contributed by atoms with Gasteiger partial charge in [0.2, 0.25) is 0 Å². The molecule has 106 valence electrons. The largest absolute Gasteiger partial charge is 0.497 e. The summed E-state index contributed by atoms with van der Waals surface area (Å²) >= 11 is 0. The molecular formula is C15H23NO3. The molecule has 2 rings (SSSR count). The molecular weight excluding hydrogens is 242 g/mol. The maximum Gasteiger partial charge on any atom is 0.129 e. The molecule has 1 aliphatic rings. The van der Waals surface area contributed by atoms with Gasteiger partial charge in [0.15, 0.2) is 0 Å². The molecule has 0 radical (unpaired) electrons. The smallest absolute Gasteiger partial charge is 0.129 e. The van der Waals surface area contributed by atoms with E-state index in [-0.39, 0.29) is 5.54 Å². The minimum Gasteiger partial charge on any atom is -0.497 e. The van der Waals surface area contributed by atoms with Crippen LogP contribution in [0.2, 0.25) is 0 Å². The van der Waals surface area contributed by atoms with Crippen LogP contribution in [-0.2, 0) is 16.9 Å². The Morgan fingerprint density at radius 3 is 2.32 bits per heavy atom. The molecule has 0 unspecified atom stereocenters. The van der Waals surface area contributed by atoms with E-state index >= 15 is 0 Å². The fourth-order valence-corrected chi connectivity index (χ4v) is 2.93. The van der Waals surface area contributed by atoms with Crippen LogP contribution in [0, 0.1) is 0 Å². The van der Waals surface area contributed by atoms with Crippen molar-refractivity contribution in [1.82, 2.24) is 0 Å². The molecule has 0 spiro atoms. The van der Waals surface area contributed by atoms with Crippen molar-refractivity contribution < 1.29 is 14.2 Å². The van der Waals surface area contributed by atoms with E-state index in [9.17, 15) is 0 Å². The summed E-state index contributed by atoms with van der Waals surface area (Å²) in [5.41, 5.74) is 8.29. The fourth-order valence-electron chi connectivity index (χ4n) is 2.93. The van der Waals surface area contributed by atoms with E-state index in [4.69, 9.17) is 19.9 Å². The fraction of sp³-hybridized carbons (Fsp3) is 0.600. The minimum absolute atomic E-state index is 0.303. The van der Waals surface area contributed by atoms with Crippen molar-refractivity contribution >= 4 is 0 Å². The standard InChI is InChI=1S/C15H23NO3/c1-17-10-11-8-12(18-2)9-13(14(11)19-3)15(16)6-4-5-7-15/h8-9H,4-7,10,16H2,1-3H3. The first-order valence-electron chi connectivity index (χ1n) is 6.68. The van der Waals surface area contributed by atoms with Crippen molar-refractivity contribution in [3.05, 3.63) is 23.3 Å². The minimum atomic E-state index is -0.303. The molecule has 0 amide bonds. The molecule has 0 heterocycles. The van der Waals surface area contributed by atoms with Gasteiger partial charge in [-0.05, 0) is 25.0 Å². The van der Waals surface area contributed by atoms with Crippen molar-refractivity contribution in [2.75, 3.05) is 21.3 Å². The second-order valence-electron chi connectivity index (χ2n) is 5.16. The molecule has 0 aromatic heterocycles. The van der Waals surface area contributed by atoms with Crippen molar-refractivity contribution in [1.29, 1.82) is 0 Å². The van der Waals surface area contributed by atoms with E-state index in [1.54, 1.807) is 21.3 Å². The first-order valence-corrected chi connectivity index (χ1v) is 6.68. The molecule has 0 atom stereocenters. The molecule has 0 aliphatic heterocycles. The van der Waals surface area contributed by atoms with E-state index in [1.807, 2.05) is 12.1 Å². The molecule has 0 saturated heterocycles. The maximum absolute atomic E-state index is 6.57. The Balaban J connectivity index is 2.53. The lowest BCUT2D eigenvalue weighted by atomic mass is 9.87. The lowest BCUT2D eigenvalue weighted by Crippen LogP contribution is -2.33. The van der Waals surface area contributed by atoms with Crippen LogP contribution in [0.4, 0.5) is 0 Å². The van der Waals surface area contributed by atoms with Gasteiger partial charge in [-0.25, -0.2) is 0 Å². The molecule has 4 nitrogen and oxygen atoms in total. The Bertz CT molecular complexity index is 439. The highest BCUT2D eigenvalue weighted by molar-refractivity contribution is 5.50. The highest BCUT2D eigenvalue weighted by atomic mass is 16.5. The highest BCUT2D eigenvalue weighted by Gasteiger charge is 2.35. The Labute approximate surface area is 114 Å². The third kappa shape index (κ3) is 2.69. The first kappa shape index (κ1) is 14.2. The molecule has 1 fully saturated rings. The van der Waals surface area contributed by atoms with E-state index < -0.39 is 0 Å². The maximum atomic E-state index is 6.57. The highest BCUT2D eigenvalue weighted by Crippen LogP contribution is 2.43. The summed E-state index contributed by atoms with van der Waals surface area (Å²) in [5.74, 6) is 1.65. The topological polar surface area (TPSA) is 53.7 Å². The number of ether oxygens (including phenoxy) is 3. The summed E-state index contributed by atoms with van der Waals surface area (Å²) in [7, 11) is 5.02. The van der Waals surface area contributed by atoms with E-state index in [1.165, 1.54) is 0 Å². The van der Waals surface area contributed by atoms with Gasteiger partial charge in [0.25, 0.3) is 0 Å². The van der Waals surface area contributed by atoms with Gasteiger partial charge in [0.1, 0.15) is 11.5 Å². The lowest BCUT2D eigenvalue weighted by molar-refractivity contribution is 0.180. The molecule has 2 N–H and O–H groups in total. The van der Waals surface area contributed by atoms with E-state index in [2.05, 4.69) is 0 Å². The van der Waals surface area contributed by atoms with Crippen molar-refractivity contribution in [3.63, 3.8) is 0 Å². The van der Waals surface area contributed by atoms with E-state index in [0.29, 0.717) is 6.61 Å². The molecule has 1 aliphatic carbocycles. The van der Waals surface area contributed by atoms with Gasteiger partial charge < -0.3 is 19.9 Å². The molecule has 1 aromatic carbocycles. The predicted molar refractivity (Wildman–Crippen MR) is 74.6 cm³/mol. The number of rotatable bonds is 5. The zero-order valence-electron chi connectivity index (χ0n) is 12.0. The van der Waals surface area contributed by atoms with Crippen molar-refractivity contribution in [2.24, 2.45) is 5.73 Å². The summed E-state index contributed by atoms with van der Waals surface area (Å²) < 4.78 is 16.2. The number of hydrogen-bond donors (Lipinski definition) is 1. The second kappa shape index (κ2) is 5.80. The van der Waals surface area contributed by atoms with Gasteiger partial charge in [-0.2, -0.15) is 0 Å². The molecule has 4 heteroatoms. The predicted octanol–water partition coefficient (Wildman–Crippen LogP) is 2.58. The van der Waals surface area contributed by atoms with Crippen LogP contribution in [0.15, 0.2) is 12.1 Å². The first-order chi connectivity index (χ1) is 9.14. The van der Waals surface area contributed by atoms with Crippen LogP contribution in [0.3, 0.4) is 0 Å². The number of nitrogens with two attached hydrogens (primary N) is 1. The van der Waals surface area contributed by atoms with Crippen LogP contribution in [0.25, 0.3) is 0 Å². The molecule has 1 saturated carbocycles. The average Bonchev–Trinajstić information content (AvgIpc) is 2.86. The summed E-state index contributed by atoms with van der Waals surface area (Å²) in [6, 6.07) is 3.95. The number of hydrogen-bond acceptors (Lipinski definition) is 4. The Morgan fingerprint density at radius 1 is 1.11 bits per heavy atom. The van der Waals surface area contributed by atoms with Crippen LogP contribution < -0.4 is 15.2 Å². The average molecular weight is 265 g/mol. The van der Waals surface area contributed by atoms with Gasteiger partial charge in [-0.15, -0.1) is 0 Å². The SMILES string of the molecule is COCc1cc(OC)cc(C2(N)CCCC2)c1OC. The van der Waals surface area contributed by atoms with Crippen molar-refractivity contribution in [2.45, 2.75) is 37.8 Å². The van der Waals surface area contributed by atoms with Crippen LogP contribution in [-0.4, -0.2) is 21.3 Å². The van der Waals surface area contributed by atoms with Gasteiger partial charge in [0, 0.05) is 23.8 Å². The normalized spacial score (nSPS) is 17.5. The van der Waals surface area contributed by atoms with E-state index in [0.717, 1.165) is 48.3 Å².